The zero-order chi connectivity index (χ0) is 20.0. The minimum atomic E-state index is -0.560. The fraction of sp³-hybridized carbons (Fsp3) is 0.550. The Morgan fingerprint density at radius 3 is 2.52 bits per heavy atom. The first-order valence-corrected chi connectivity index (χ1v) is 9.34. The molecule has 1 saturated heterocycles. The molecule has 7 nitrogen and oxygen atoms in total. The number of ether oxygens (including phenoxy) is 1. The molecule has 1 aromatic rings. The largest absolute Gasteiger partial charge is 0.444 e. The van der Waals surface area contributed by atoms with Crippen molar-refractivity contribution >= 4 is 23.6 Å². The molecule has 1 aliphatic rings. The molecule has 0 saturated carbocycles. The van der Waals surface area contributed by atoms with Crippen molar-refractivity contribution in [2.24, 2.45) is 5.92 Å². The van der Waals surface area contributed by atoms with Crippen molar-refractivity contribution in [3.8, 4) is 0 Å². The molecule has 0 radical (unpaired) electrons. The van der Waals surface area contributed by atoms with E-state index < -0.39 is 11.7 Å². The van der Waals surface area contributed by atoms with Crippen LogP contribution in [-0.2, 0) is 20.7 Å². The number of para-hydroxylation sites is 1. The number of carbonyl (C=O) groups excluding carboxylic acids is 3. The number of amides is 3. The predicted molar refractivity (Wildman–Crippen MR) is 104 cm³/mol. The normalized spacial score (nSPS) is 17.0. The van der Waals surface area contributed by atoms with E-state index in [-0.39, 0.29) is 37.2 Å². The van der Waals surface area contributed by atoms with Gasteiger partial charge in [-0.1, -0.05) is 25.1 Å². The van der Waals surface area contributed by atoms with Crippen LogP contribution in [0.2, 0.25) is 0 Å². The van der Waals surface area contributed by atoms with E-state index in [9.17, 15) is 14.4 Å². The van der Waals surface area contributed by atoms with Crippen LogP contribution in [-0.4, -0.2) is 43.1 Å². The van der Waals surface area contributed by atoms with Crippen LogP contribution in [0.15, 0.2) is 24.3 Å². The highest BCUT2D eigenvalue weighted by Crippen LogP contribution is 2.28. The summed E-state index contributed by atoms with van der Waals surface area (Å²) in [4.78, 5) is 38.0. The molecule has 3 amide bonds. The van der Waals surface area contributed by atoms with Gasteiger partial charge in [-0.25, -0.2) is 4.79 Å². The first kappa shape index (κ1) is 20.7. The molecule has 2 N–H and O–H groups in total. The van der Waals surface area contributed by atoms with Crippen LogP contribution in [0.4, 0.5) is 10.5 Å². The number of benzene rings is 1. The maximum atomic E-state index is 12.4. The Hall–Kier alpha value is -2.57. The number of aryl methyl sites for hydroxylation is 1. The summed E-state index contributed by atoms with van der Waals surface area (Å²) < 4.78 is 5.13. The van der Waals surface area contributed by atoms with Gasteiger partial charge in [0.25, 0.3) is 0 Å². The molecule has 0 aromatic heterocycles. The average molecular weight is 375 g/mol. The Kier molecular flexibility index (Phi) is 6.82. The van der Waals surface area contributed by atoms with E-state index in [2.05, 4.69) is 10.6 Å². The van der Waals surface area contributed by atoms with Gasteiger partial charge in [-0.2, -0.15) is 0 Å². The topological polar surface area (TPSA) is 87.7 Å². The van der Waals surface area contributed by atoms with E-state index >= 15 is 0 Å². The summed E-state index contributed by atoms with van der Waals surface area (Å²) in [6, 6.07) is 7.77. The molecule has 27 heavy (non-hydrogen) atoms. The van der Waals surface area contributed by atoms with E-state index in [0.29, 0.717) is 6.54 Å². The fourth-order valence-electron chi connectivity index (χ4n) is 3.00. The van der Waals surface area contributed by atoms with E-state index in [1.165, 1.54) is 0 Å². The van der Waals surface area contributed by atoms with Crippen molar-refractivity contribution < 1.29 is 19.1 Å². The van der Waals surface area contributed by atoms with E-state index in [4.69, 9.17) is 4.74 Å². The lowest BCUT2D eigenvalue weighted by Gasteiger charge is -2.20. The fourth-order valence-corrected chi connectivity index (χ4v) is 3.00. The predicted octanol–water partition coefficient (Wildman–Crippen LogP) is 2.24. The third-order valence-corrected chi connectivity index (χ3v) is 4.25. The standard InChI is InChI=1S/C20H29N3O4/c1-5-14-8-6-7-9-16(14)23-13-15(12-17(23)24)18(25)21-10-11-22-19(26)27-20(2,3)4/h6-9,15H,5,10-13H2,1-4H3,(H,21,25)(H,22,26). The summed E-state index contributed by atoms with van der Waals surface area (Å²) >= 11 is 0. The maximum Gasteiger partial charge on any atom is 0.407 e. The Morgan fingerprint density at radius 2 is 1.85 bits per heavy atom. The average Bonchev–Trinajstić information content (AvgIpc) is 2.98. The van der Waals surface area contributed by atoms with Crippen molar-refractivity contribution in [1.82, 2.24) is 10.6 Å². The summed E-state index contributed by atoms with van der Waals surface area (Å²) in [6.07, 6.45) is 0.506. The highest BCUT2D eigenvalue weighted by atomic mass is 16.6. The van der Waals surface area contributed by atoms with Gasteiger partial charge in [-0.05, 0) is 38.8 Å². The number of hydrogen-bond donors (Lipinski definition) is 2. The molecule has 1 fully saturated rings. The summed E-state index contributed by atoms with van der Waals surface area (Å²) in [5.41, 5.74) is 1.41. The van der Waals surface area contributed by atoms with Crippen molar-refractivity contribution in [3.63, 3.8) is 0 Å². The van der Waals surface area contributed by atoms with Crippen LogP contribution in [0.1, 0.15) is 39.7 Å². The SMILES string of the molecule is CCc1ccccc1N1CC(C(=O)NCCNC(=O)OC(C)(C)C)CC1=O. The van der Waals surface area contributed by atoms with Crippen LogP contribution >= 0.6 is 0 Å². The highest BCUT2D eigenvalue weighted by molar-refractivity contribution is 6.00. The molecule has 1 atom stereocenters. The van der Waals surface area contributed by atoms with Gasteiger partial charge in [0, 0.05) is 31.7 Å². The minimum absolute atomic E-state index is 0.0390. The number of alkyl carbamates (subject to hydrolysis) is 1. The molecule has 1 unspecified atom stereocenters. The Labute approximate surface area is 160 Å². The summed E-state index contributed by atoms with van der Waals surface area (Å²) in [5.74, 6) is -0.599. The Balaban J connectivity index is 1.81. The molecule has 0 spiro atoms. The number of rotatable bonds is 6. The second-order valence-corrected chi connectivity index (χ2v) is 7.61. The Morgan fingerprint density at radius 1 is 1.19 bits per heavy atom. The second-order valence-electron chi connectivity index (χ2n) is 7.61. The number of anilines is 1. The van der Waals surface area contributed by atoms with Gasteiger partial charge in [0.15, 0.2) is 0 Å². The maximum absolute atomic E-state index is 12.4. The summed E-state index contributed by atoms with van der Waals surface area (Å²) in [6.45, 7) is 8.33. The molecule has 1 aromatic carbocycles. The smallest absolute Gasteiger partial charge is 0.407 e. The molecule has 7 heteroatoms. The molecule has 0 bridgehead atoms. The van der Waals surface area contributed by atoms with Gasteiger partial charge in [-0.15, -0.1) is 0 Å². The lowest BCUT2D eigenvalue weighted by Crippen LogP contribution is -2.40. The summed E-state index contributed by atoms with van der Waals surface area (Å²) in [5, 5.41) is 5.37. The van der Waals surface area contributed by atoms with Crippen molar-refractivity contribution in [1.29, 1.82) is 0 Å². The highest BCUT2D eigenvalue weighted by Gasteiger charge is 2.35. The van der Waals surface area contributed by atoms with Crippen LogP contribution < -0.4 is 15.5 Å². The van der Waals surface area contributed by atoms with Crippen LogP contribution in [0.25, 0.3) is 0 Å². The lowest BCUT2D eigenvalue weighted by atomic mass is 10.1. The third-order valence-electron chi connectivity index (χ3n) is 4.25. The monoisotopic (exact) mass is 375 g/mol. The summed E-state index contributed by atoms with van der Waals surface area (Å²) in [7, 11) is 0. The van der Waals surface area contributed by atoms with E-state index in [1.54, 1.807) is 25.7 Å². The zero-order valence-corrected chi connectivity index (χ0v) is 16.5. The van der Waals surface area contributed by atoms with Crippen LogP contribution in [0.5, 0.6) is 0 Å². The van der Waals surface area contributed by atoms with E-state index in [1.807, 2.05) is 31.2 Å². The van der Waals surface area contributed by atoms with Gasteiger partial charge < -0.3 is 20.3 Å². The molecule has 148 valence electrons. The van der Waals surface area contributed by atoms with Gasteiger partial charge in [-0.3, -0.25) is 9.59 Å². The van der Waals surface area contributed by atoms with Crippen LogP contribution in [0, 0.1) is 5.92 Å². The number of carbonyl (C=O) groups is 3. The van der Waals surface area contributed by atoms with Crippen molar-refractivity contribution in [2.75, 3.05) is 24.5 Å². The van der Waals surface area contributed by atoms with Gasteiger partial charge in [0.05, 0.1) is 5.92 Å². The number of nitrogens with zero attached hydrogens (tertiary/aromatic N) is 1. The number of hydrogen-bond acceptors (Lipinski definition) is 4. The van der Waals surface area contributed by atoms with Gasteiger partial charge in [0.1, 0.15) is 5.60 Å². The molecule has 1 aliphatic heterocycles. The third kappa shape index (κ3) is 5.98. The number of nitrogens with one attached hydrogen (secondary N) is 2. The van der Waals surface area contributed by atoms with Crippen molar-refractivity contribution in [2.45, 2.75) is 46.1 Å². The molecule has 2 rings (SSSR count). The van der Waals surface area contributed by atoms with Gasteiger partial charge >= 0.3 is 6.09 Å². The van der Waals surface area contributed by atoms with Crippen molar-refractivity contribution in [3.05, 3.63) is 29.8 Å². The minimum Gasteiger partial charge on any atom is -0.444 e. The van der Waals surface area contributed by atoms with E-state index in [0.717, 1.165) is 17.7 Å². The first-order chi connectivity index (χ1) is 12.7. The molecular weight excluding hydrogens is 346 g/mol. The van der Waals surface area contributed by atoms with Crippen LogP contribution in [0.3, 0.4) is 0 Å². The zero-order valence-electron chi connectivity index (χ0n) is 16.5. The lowest BCUT2D eigenvalue weighted by molar-refractivity contribution is -0.126. The molecule has 0 aliphatic carbocycles. The Bertz CT molecular complexity index is 697. The first-order valence-electron chi connectivity index (χ1n) is 9.34. The second kappa shape index (κ2) is 8.88. The molecular formula is C20H29N3O4. The molecule has 1 heterocycles. The quantitative estimate of drug-likeness (QED) is 0.747. The van der Waals surface area contributed by atoms with Gasteiger partial charge in [0.2, 0.25) is 11.8 Å².